The van der Waals surface area contributed by atoms with Crippen LogP contribution < -0.4 is 0 Å². The van der Waals surface area contributed by atoms with Crippen LogP contribution in [0, 0.1) is 0 Å². The molecular formula is C13H14N2O3. The van der Waals surface area contributed by atoms with Crippen LogP contribution in [0.4, 0.5) is 0 Å². The van der Waals surface area contributed by atoms with Gasteiger partial charge in [0.05, 0.1) is 0 Å². The summed E-state index contributed by atoms with van der Waals surface area (Å²) in [5.74, 6) is -0.539. The molecule has 1 aromatic heterocycles. The fourth-order valence-corrected chi connectivity index (χ4v) is 1.45. The summed E-state index contributed by atoms with van der Waals surface area (Å²) in [6, 6.07) is 9.51. The van der Waals surface area contributed by atoms with Gasteiger partial charge in [-0.1, -0.05) is 30.3 Å². The van der Waals surface area contributed by atoms with E-state index in [1.807, 2.05) is 44.2 Å². The lowest BCUT2D eigenvalue weighted by Gasteiger charge is -2.22. The molecule has 0 aliphatic heterocycles. The molecule has 2 aromatic rings. The van der Waals surface area contributed by atoms with Crippen molar-refractivity contribution < 1.29 is 14.6 Å². The van der Waals surface area contributed by atoms with Crippen LogP contribution in [0.1, 0.15) is 30.0 Å². The zero-order chi connectivity index (χ0) is 13.0. The molecule has 1 N–H and O–H groups in total. The van der Waals surface area contributed by atoms with Gasteiger partial charge in [-0.2, -0.15) is 4.89 Å². The third-order valence-corrected chi connectivity index (χ3v) is 2.49. The molecule has 0 aliphatic carbocycles. The number of aromatic nitrogens is 2. The van der Waals surface area contributed by atoms with Gasteiger partial charge < -0.3 is 4.98 Å². The molecule has 5 nitrogen and oxygen atoms in total. The van der Waals surface area contributed by atoms with Gasteiger partial charge in [-0.15, -0.1) is 0 Å². The van der Waals surface area contributed by atoms with Gasteiger partial charge in [0.15, 0.2) is 0 Å². The minimum Gasteiger partial charge on any atom is -0.339 e. The molecule has 0 atom stereocenters. The molecule has 18 heavy (non-hydrogen) atoms. The topological polar surface area (TPSA) is 64.2 Å². The van der Waals surface area contributed by atoms with Crippen LogP contribution in [0.15, 0.2) is 42.7 Å². The van der Waals surface area contributed by atoms with Crippen molar-refractivity contribution in [1.29, 1.82) is 0 Å². The smallest absolute Gasteiger partial charge is 0.339 e. The van der Waals surface area contributed by atoms with Gasteiger partial charge >= 0.3 is 5.97 Å². The second kappa shape index (κ2) is 5.01. The first-order valence-electron chi connectivity index (χ1n) is 5.54. The van der Waals surface area contributed by atoms with E-state index in [0.717, 1.165) is 5.56 Å². The molecule has 0 amide bonds. The lowest BCUT2D eigenvalue weighted by Crippen LogP contribution is -2.24. The van der Waals surface area contributed by atoms with Gasteiger partial charge in [0.25, 0.3) is 0 Å². The first kappa shape index (κ1) is 12.3. The van der Waals surface area contributed by atoms with E-state index >= 15 is 0 Å². The van der Waals surface area contributed by atoms with Crippen molar-refractivity contribution in [1.82, 2.24) is 9.97 Å². The van der Waals surface area contributed by atoms with Crippen molar-refractivity contribution in [2.45, 2.75) is 19.4 Å². The molecule has 0 fully saturated rings. The fraction of sp³-hybridized carbons (Fsp3) is 0.231. The van der Waals surface area contributed by atoms with Crippen molar-refractivity contribution in [2.75, 3.05) is 0 Å². The van der Waals surface area contributed by atoms with E-state index in [4.69, 9.17) is 9.78 Å². The minimum absolute atomic E-state index is 0.110. The quantitative estimate of drug-likeness (QED) is 0.664. The number of hydrogen-bond acceptors (Lipinski definition) is 4. The summed E-state index contributed by atoms with van der Waals surface area (Å²) >= 11 is 0. The number of H-pyrrole nitrogens is 1. The number of imidazole rings is 1. The second-order valence-electron chi connectivity index (χ2n) is 4.27. The lowest BCUT2D eigenvalue weighted by molar-refractivity contribution is -0.312. The average molecular weight is 246 g/mol. The Labute approximate surface area is 105 Å². The molecule has 2 rings (SSSR count). The molecular weight excluding hydrogens is 232 g/mol. The number of nitrogens with one attached hydrogen (secondary N) is 1. The van der Waals surface area contributed by atoms with E-state index in [-0.39, 0.29) is 5.82 Å². The first-order valence-corrected chi connectivity index (χ1v) is 5.54. The highest BCUT2D eigenvalue weighted by atomic mass is 17.2. The van der Waals surface area contributed by atoms with Crippen LogP contribution in [0.25, 0.3) is 0 Å². The predicted octanol–water partition coefficient (Wildman–Crippen LogP) is 2.43. The van der Waals surface area contributed by atoms with Crippen molar-refractivity contribution >= 4 is 5.97 Å². The molecule has 0 radical (unpaired) electrons. The zero-order valence-electron chi connectivity index (χ0n) is 10.2. The summed E-state index contributed by atoms with van der Waals surface area (Å²) < 4.78 is 0. The number of nitrogens with zero attached hydrogens (tertiary/aromatic N) is 1. The number of carbonyl (C=O) groups is 1. The maximum Gasteiger partial charge on any atom is 0.408 e. The maximum atomic E-state index is 11.5. The number of carbonyl (C=O) groups excluding carboxylic acids is 1. The molecule has 5 heteroatoms. The number of benzene rings is 1. The van der Waals surface area contributed by atoms with Gasteiger partial charge in [0.2, 0.25) is 5.82 Å². The van der Waals surface area contributed by atoms with E-state index in [1.54, 1.807) is 6.20 Å². The van der Waals surface area contributed by atoms with Crippen molar-refractivity contribution in [2.24, 2.45) is 0 Å². The first-order chi connectivity index (χ1) is 8.59. The molecule has 0 saturated heterocycles. The van der Waals surface area contributed by atoms with Crippen LogP contribution in [0.3, 0.4) is 0 Å². The number of aromatic amines is 1. The largest absolute Gasteiger partial charge is 0.408 e. The van der Waals surface area contributed by atoms with Gasteiger partial charge in [-0.3, -0.25) is 4.89 Å². The standard InChI is InChI=1S/C13H14N2O3/c1-13(2,10-6-4-3-5-7-10)18-17-12(16)11-14-8-9-15-11/h3-9H,1-2H3,(H,14,15). The minimum atomic E-state index is -0.719. The van der Waals surface area contributed by atoms with E-state index in [2.05, 4.69) is 9.97 Å². The Hall–Kier alpha value is -2.14. The van der Waals surface area contributed by atoms with Crippen molar-refractivity contribution in [3.05, 3.63) is 54.1 Å². The van der Waals surface area contributed by atoms with E-state index in [1.165, 1.54) is 6.20 Å². The zero-order valence-corrected chi connectivity index (χ0v) is 10.2. The highest BCUT2D eigenvalue weighted by molar-refractivity contribution is 5.84. The Bertz CT molecular complexity index is 506. The second-order valence-corrected chi connectivity index (χ2v) is 4.27. The molecule has 0 saturated carbocycles. The molecule has 0 unspecified atom stereocenters. The van der Waals surface area contributed by atoms with Gasteiger partial charge in [0, 0.05) is 12.4 Å². The van der Waals surface area contributed by atoms with Gasteiger partial charge in [0.1, 0.15) is 5.60 Å². The summed E-state index contributed by atoms with van der Waals surface area (Å²) in [7, 11) is 0. The fourth-order valence-electron chi connectivity index (χ4n) is 1.45. The molecule has 0 aliphatic rings. The van der Waals surface area contributed by atoms with Gasteiger partial charge in [-0.05, 0) is 19.4 Å². The highest BCUT2D eigenvalue weighted by Gasteiger charge is 2.25. The van der Waals surface area contributed by atoms with Crippen LogP contribution in [-0.4, -0.2) is 15.9 Å². The van der Waals surface area contributed by atoms with Crippen molar-refractivity contribution in [3.8, 4) is 0 Å². The third-order valence-electron chi connectivity index (χ3n) is 2.49. The summed E-state index contributed by atoms with van der Waals surface area (Å²) in [6.45, 7) is 3.63. The van der Waals surface area contributed by atoms with Crippen LogP contribution in [0.5, 0.6) is 0 Å². The average Bonchev–Trinajstić information content (AvgIpc) is 2.91. The van der Waals surface area contributed by atoms with Crippen LogP contribution in [-0.2, 0) is 15.4 Å². The Morgan fingerprint density at radius 2 is 2.00 bits per heavy atom. The Morgan fingerprint density at radius 3 is 2.61 bits per heavy atom. The molecule has 0 bridgehead atoms. The van der Waals surface area contributed by atoms with Gasteiger partial charge in [-0.25, -0.2) is 9.78 Å². The summed E-state index contributed by atoms with van der Waals surface area (Å²) in [6.07, 6.45) is 3.01. The Balaban J connectivity index is 1.99. The molecule has 1 aromatic carbocycles. The summed E-state index contributed by atoms with van der Waals surface area (Å²) in [4.78, 5) is 27.9. The summed E-state index contributed by atoms with van der Waals surface area (Å²) in [5.41, 5.74) is 0.195. The number of rotatable bonds is 4. The normalized spacial score (nSPS) is 11.2. The van der Waals surface area contributed by atoms with Crippen LogP contribution >= 0.6 is 0 Å². The third kappa shape index (κ3) is 2.75. The summed E-state index contributed by atoms with van der Waals surface area (Å²) in [5, 5.41) is 0. The van der Waals surface area contributed by atoms with Crippen molar-refractivity contribution in [3.63, 3.8) is 0 Å². The van der Waals surface area contributed by atoms with E-state index in [0.29, 0.717) is 0 Å². The van der Waals surface area contributed by atoms with E-state index < -0.39 is 11.6 Å². The maximum absolute atomic E-state index is 11.5. The van der Waals surface area contributed by atoms with E-state index in [9.17, 15) is 4.79 Å². The monoisotopic (exact) mass is 246 g/mol. The molecule has 0 spiro atoms. The molecule has 1 heterocycles. The SMILES string of the molecule is CC(C)(OOC(=O)c1ncc[nH]1)c1ccccc1. The van der Waals surface area contributed by atoms with Crippen LogP contribution in [0.2, 0.25) is 0 Å². The Kier molecular flexibility index (Phi) is 3.43. The molecule has 94 valence electrons. The number of hydrogen-bond donors (Lipinski definition) is 1. The Morgan fingerprint density at radius 1 is 1.28 bits per heavy atom. The lowest BCUT2D eigenvalue weighted by atomic mass is 9.99. The highest BCUT2D eigenvalue weighted by Crippen LogP contribution is 2.24. The predicted molar refractivity (Wildman–Crippen MR) is 64.6 cm³/mol.